The predicted octanol–water partition coefficient (Wildman–Crippen LogP) is 2.75. The van der Waals surface area contributed by atoms with Crippen molar-refractivity contribution in [2.75, 3.05) is 37.7 Å². The first-order valence-corrected chi connectivity index (χ1v) is 10.0. The van der Waals surface area contributed by atoms with E-state index in [9.17, 15) is 0 Å². The lowest BCUT2D eigenvalue weighted by molar-refractivity contribution is -0.0956. The molecule has 0 aliphatic carbocycles. The van der Waals surface area contributed by atoms with Gasteiger partial charge in [-0.15, -0.1) is 0 Å². The molecule has 122 valence electrons. The van der Waals surface area contributed by atoms with E-state index in [1.54, 1.807) is 0 Å². The summed E-state index contributed by atoms with van der Waals surface area (Å²) in [7, 11) is 0. The van der Waals surface area contributed by atoms with Gasteiger partial charge in [0, 0.05) is 31.0 Å². The van der Waals surface area contributed by atoms with Gasteiger partial charge in [-0.3, -0.25) is 4.90 Å². The quantitative estimate of drug-likeness (QED) is 0.863. The van der Waals surface area contributed by atoms with Crippen LogP contribution in [0.1, 0.15) is 46.0 Å². The van der Waals surface area contributed by atoms with E-state index in [-0.39, 0.29) is 5.60 Å². The van der Waals surface area contributed by atoms with Crippen LogP contribution in [-0.4, -0.2) is 60.3 Å². The van der Waals surface area contributed by atoms with E-state index in [1.165, 1.54) is 63.2 Å². The Balaban J connectivity index is 1.62. The van der Waals surface area contributed by atoms with Crippen molar-refractivity contribution < 1.29 is 4.74 Å². The number of ether oxygens (including phenoxy) is 1. The maximum atomic E-state index is 6.22. The number of nitrogens with zero attached hydrogens (tertiary/aromatic N) is 1. The largest absolute Gasteiger partial charge is 0.374 e. The molecule has 3 heterocycles. The second-order valence-electron chi connectivity index (χ2n) is 7.48. The summed E-state index contributed by atoms with van der Waals surface area (Å²) >= 11 is 2.08. The minimum absolute atomic E-state index is 0.214. The van der Waals surface area contributed by atoms with E-state index < -0.39 is 0 Å². The van der Waals surface area contributed by atoms with E-state index in [0.29, 0.717) is 6.04 Å². The van der Waals surface area contributed by atoms with Crippen LogP contribution in [0.25, 0.3) is 0 Å². The molecule has 0 saturated carbocycles. The van der Waals surface area contributed by atoms with Crippen LogP contribution >= 0.6 is 11.8 Å². The highest BCUT2D eigenvalue weighted by Gasteiger charge is 2.42. The smallest absolute Gasteiger partial charge is 0.0795 e. The average molecular weight is 313 g/mol. The van der Waals surface area contributed by atoms with Crippen molar-refractivity contribution in [3.8, 4) is 0 Å². The second-order valence-corrected chi connectivity index (χ2v) is 8.59. The Labute approximate surface area is 134 Å². The van der Waals surface area contributed by atoms with E-state index >= 15 is 0 Å². The van der Waals surface area contributed by atoms with Crippen molar-refractivity contribution >= 4 is 11.8 Å². The molecular weight excluding hydrogens is 280 g/mol. The fourth-order valence-corrected chi connectivity index (χ4v) is 5.69. The molecule has 3 unspecified atom stereocenters. The van der Waals surface area contributed by atoms with Crippen LogP contribution in [-0.2, 0) is 4.74 Å². The van der Waals surface area contributed by atoms with Crippen molar-refractivity contribution in [1.82, 2.24) is 10.2 Å². The number of hydrogen-bond acceptors (Lipinski definition) is 4. The van der Waals surface area contributed by atoms with Crippen LogP contribution in [0.4, 0.5) is 0 Å². The molecule has 0 bridgehead atoms. The number of thioether (sulfide) groups is 1. The summed E-state index contributed by atoms with van der Waals surface area (Å²) in [6.07, 6.45) is 6.51. The highest BCUT2D eigenvalue weighted by atomic mass is 32.2. The highest BCUT2D eigenvalue weighted by molar-refractivity contribution is 7.99. The van der Waals surface area contributed by atoms with Gasteiger partial charge in [0.15, 0.2) is 0 Å². The van der Waals surface area contributed by atoms with Gasteiger partial charge in [-0.2, -0.15) is 11.8 Å². The third-order valence-electron chi connectivity index (χ3n) is 5.53. The number of rotatable bonds is 4. The van der Waals surface area contributed by atoms with E-state index in [1.807, 2.05) is 0 Å². The van der Waals surface area contributed by atoms with E-state index in [0.717, 1.165) is 18.6 Å². The average Bonchev–Trinajstić information content (AvgIpc) is 2.93. The molecule has 3 atom stereocenters. The molecule has 4 heteroatoms. The van der Waals surface area contributed by atoms with Crippen molar-refractivity contribution in [1.29, 1.82) is 0 Å². The molecule has 0 aromatic heterocycles. The fraction of sp³-hybridized carbons (Fsp3) is 1.00. The SMILES string of the molecule is CC(C)N(CC1CCCNC1)C1CCOC2(CCSC2)C1. The Bertz CT molecular complexity index is 325. The van der Waals surface area contributed by atoms with Crippen molar-refractivity contribution in [3.05, 3.63) is 0 Å². The zero-order chi connectivity index (χ0) is 14.7. The topological polar surface area (TPSA) is 24.5 Å². The summed E-state index contributed by atoms with van der Waals surface area (Å²) in [5.74, 6) is 3.36. The van der Waals surface area contributed by atoms with E-state index in [2.05, 4.69) is 35.8 Å². The highest BCUT2D eigenvalue weighted by Crippen LogP contribution is 2.40. The van der Waals surface area contributed by atoms with Crippen molar-refractivity contribution in [2.45, 2.75) is 63.6 Å². The molecule has 0 radical (unpaired) electrons. The lowest BCUT2D eigenvalue weighted by atomic mass is 9.87. The third kappa shape index (κ3) is 3.95. The first kappa shape index (κ1) is 16.1. The summed E-state index contributed by atoms with van der Waals surface area (Å²) in [6.45, 7) is 9.43. The van der Waals surface area contributed by atoms with Gasteiger partial charge < -0.3 is 10.1 Å². The Morgan fingerprint density at radius 1 is 1.38 bits per heavy atom. The monoisotopic (exact) mass is 312 g/mol. The minimum Gasteiger partial charge on any atom is -0.374 e. The Morgan fingerprint density at radius 2 is 2.29 bits per heavy atom. The maximum Gasteiger partial charge on any atom is 0.0795 e. The molecule has 3 aliphatic rings. The van der Waals surface area contributed by atoms with Gasteiger partial charge in [0.2, 0.25) is 0 Å². The zero-order valence-corrected chi connectivity index (χ0v) is 14.6. The van der Waals surface area contributed by atoms with E-state index in [4.69, 9.17) is 4.74 Å². The Morgan fingerprint density at radius 3 is 2.95 bits per heavy atom. The van der Waals surface area contributed by atoms with Crippen LogP contribution in [0.2, 0.25) is 0 Å². The van der Waals surface area contributed by atoms with Crippen LogP contribution in [0.5, 0.6) is 0 Å². The van der Waals surface area contributed by atoms with Gasteiger partial charge >= 0.3 is 0 Å². The second kappa shape index (κ2) is 7.20. The molecule has 0 aromatic rings. The fourth-order valence-electron chi connectivity index (χ4n) is 4.31. The molecule has 1 spiro atoms. The maximum absolute atomic E-state index is 6.22. The van der Waals surface area contributed by atoms with Gasteiger partial charge in [-0.1, -0.05) is 0 Å². The number of piperidine rings is 1. The molecule has 1 N–H and O–H groups in total. The molecule has 3 saturated heterocycles. The number of nitrogens with one attached hydrogen (secondary N) is 1. The first-order valence-electron chi connectivity index (χ1n) is 8.87. The van der Waals surface area contributed by atoms with Crippen molar-refractivity contribution in [2.24, 2.45) is 5.92 Å². The summed E-state index contributed by atoms with van der Waals surface area (Å²) in [5.41, 5.74) is 0.214. The number of hydrogen-bond donors (Lipinski definition) is 1. The molecule has 0 amide bonds. The molecule has 3 nitrogen and oxygen atoms in total. The Kier molecular flexibility index (Phi) is 5.52. The van der Waals surface area contributed by atoms with Crippen molar-refractivity contribution in [3.63, 3.8) is 0 Å². The molecule has 3 fully saturated rings. The normalized spacial score (nSPS) is 37.7. The van der Waals surface area contributed by atoms with Gasteiger partial charge in [0.1, 0.15) is 0 Å². The van der Waals surface area contributed by atoms with Crippen LogP contribution in [0, 0.1) is 5.92 Å². The molecule has 3 rings (SSSR count). The lowest BCUT2D eigenvalue weighted by Crippen LogP contribution is -2.53. The van der Waals surface area contributed by atoms with Crippen LogP contribution < -0.4 is 5.32 Å². The van der Waals surface area contributed by atoms with Gasteiger partial charge in [0.25, 0.3) is 0 Å². The summed E-state index contributed by atoms with van der Waals surface area (Å²) < 4.78 is 6.22. The van der Waals surface area contributed by atoms with Crippen LogP contribution in [0.15, 0.2) is 0 Å². The zero-order valence-electron chi connectivity index (χ0n) is 13.8. The summed E-state index contributed by atoms with van der Waals surface area (Å²) in [5, 5.41) is 3.58. The lowest BCUT2D eigenvalue weighted by Gasteiger charge is -2.45. The molecule has 21 heavy (non-hydrogen) atoms. The third-order valence-corrected chi connectivity index (χ3v) is 6.76. The molecule has 3 aliphatic heterocycles. The summed E-state index contributed by atoms with van der Waals surface area (Å²) in [6, 6.07) is 1.39. The molecule has 0 aromatic carbocycles. The standard InChI is InChI=1S/C17H32N2OS/c1-14(2)19(12-15-4-3-7-18-11-15)16-5-8-20-17(10-16)6-9-21-13-17/h14-16,18H,3-13H2,1-2H3. The van der Waals surface area contributed by atoms with Gasteiger partial charge in [-0.05, 0) is 70.7 Å². The first-order chi connectivity index (χ1) is 10.2. The molecular formula is C17H32N2OS. The van der Waals surface area contributed by atoms with Crippen LogP contribution in [0.3, 0.4) is 0 Å². The Hall–Kier alpha value is 0.230. The van der Waals surface area contributed by atoms with Gasteiger partial charge in [-0.25, -0.2) is 0 Å². The minimum atomic E-state index is 0.214. The van der Waals surface area contributed by atoms with Gasteiger partial charge in [0.05, 0.1) is 5.60 Å². The summed E-state index contributed by atoms with van der Waals surface area (Å²) in [4.78, 5) is 2.80. The predicted molar refractivity (Wildman–Crippen MR) is 91.1 cm³/mol.